The van der Waals surface area contributed by atoms with E-state index in [1.54, 1.807) is 24.9 Å². The predicted octanol–water partition coefficient (Wildman–Crippen LogP) is 1.53. The zero-order chi connectivity index (χ0) is 17.2. The lowest BCUT2D eigenvalue weighted by Gasteiger charge is -2.25. The number of aromatic nitrogens is 2. The van der Waals surface area contributed by atoms with Crippen molar-refractivity contribution in [3.63, 3.8) is 0 Å². The van der Waals surface area contributed by atoms with Gasteiger partial charge in [0.25, 0.3) is 0 Å². The number of anilines is 1. The van der Waals surface area contributed by atoms with Gasteiger partial charge in [0.05, 0.1) is 0 Å². The fourth-order valence-electron chi connectivity index (χ4n) is 2.60. The molecule has 1 aliphatic rings. The molecule has 0 radical (unpaired) electrons. The minimum atomic E-state index is -4.39. The van der Waals surface area contributed by atoms with E-state index in [0.717, 1.165) is 4.90 Å². The van der Waals surface area contributed by atoms with Gasteiger partial charge in [0.1, 0.15) is 25.0 Å². The second kappa shape index (κ2) is 6.69. The quantitative estimate of drug-likeness (QED) is 0.818. The maximum Gasteiger partial charge on any atom is 0.406 e. The molecule has 6 nitrogen and oxygen atoms in total. The Morgan fingerprint density at radius 1 is 1.43 bits per heavy atom. The molecule has 128 valence electrons. The highest BCUT2D eigenvalue weighted by atomic mass is 19.4. The third-order valence-corrected chi connectivity index (χ3v) is 3.63. The van der Waals surface area contributed by atoms with E-state index in [4.69, 9.17) is 4.74 Å². The van der Waals surface area contributed by atoms with E-state index < -0.39 is 24.7 Å². The van der Waals surface area contributed by atoms with Gasteiger partial charge in [-0.25, -0.2) is 9.97 Å². The summed E-state index contributed by atoms with van der Waals surface area (Å²) < 4.78 is 42.4. The Morgan fingerprint density at radius 3 is 2.74 bits per heavy atom. The van der Waals surface area contributed by atoms with Gasteiger partial charge in [0.2, 0.25) is 5.91 Å². The summed E-state index contributed by atoms with van der Waals surface area (Å²) >= 11 is 0. The zero-order valence-corrected chi connectivity index (χ0v) is 13.2. The molecule has 1 fully saturated rings. The number of rotatable bonds is 5. The van der Waals surface area contributed by atoms with E-state index in [2.05, 4.69) is 9.97 Å². The second-order valence-electron chi connectivity index (χ2n) is 5.51. The molecule has 9 heteroatoms. The number of likely N-dealkylation sites (tertiary alicyclic amines) is 1. The standard InChI is InChI=1S/C14H19F3N4O2/c1-9-6-12(19-11(18-9)7-23-3)20(2)10-4-5-21(13(10)22)8-14(15,16)17/h6,10H,4-5,7-8H2,1-3H3. The van der Waals surface area contributed by atoms with Gasteiger partial charge in [-0.15, -0.1) is 0 Å². The van der Waals surface area contributed by atoms with Gasteiger partial charge in [-0.3, -0.25) is 4.79 Å². The number of hydrogen-bond acceptors (Lipinski definition) is 5. The Hall–Kier alpha value is -1.90. The number of alkyl halides is 3. The third kappa shape index (κ3) is 4.31. The van der Waals surface area contributed by atoms with Crippen LogP contribution < -0.4 is 4.90 Å². The molecule has 1 saturated heterocycles. The first-order valence-corrected chi connectivity index (χ1v) is 7.13. The Morgan fingerprint density at radius 2 is 2.13 bits per heavy atom. The predicted molar refractivity (Wildman–Crippen MR) is 76.9 cm³/mol. The minimum absolute atomic E-state index is 0.0857. The summed E-state index contributed by atoms with van der Waals surface area (Å²) in [6.07, 6.45) is -4.06. The van der Waals surface area contributed by atoms with Gasteiger partial charge in [0, 0.05) is 32.5 Å². The lowest BCUT2D eigenvalue weighted by molar-refractivity contribution is -0.157. The Kier molecular flexibility index (Phi) is 5.08. The highest BCUT2D eigenvalue weighted by molar-refractivity contribution is 5.87. The van der Waals surface area contributed by atoms with Crippen molar-refractivity contribution in [2.45, 2.75) is 32.2 Å². The molecule has 1 unspecified atom stereocenters. The molecule has 2 heterocycles. The number of ether oxygens (including phenoxy) is 1. The average molecular weight is 332 g/mol. The van der Waals surface area contributed by atoms with Gasteiger partial charge in [0.15, 0.2) is 5.82 Å². The molecule has 23 heavy (non-hydrogen) atoms. The molecule has 1 aromatic rings. The van der Waals surface area contributed by atoms with Crippen LogP contribution in [0.2, 0.25) is 0 Å². The molecule has 0 aliphatic carbocycles. The number of carbonyl (C=O) groups excluding carboxylic acids is 1. The van der Waals surface area contributed by atoms with Crippen LogP contribution in [0.1, 0.15) is 17.9 Å². The number of nitrogens with zero attached hydrogens (tertiary/aromatic N) is 4. The number of likely N-dealkylation sites (N-methyl/N-ethyl adjacent to an activating group) is 1. The van der Waals surface area contributed by atoms with E-state index in [-0.39, 0.29) is 13.2 Å². The molecule has 1 aromatic heterocycles. The van der Waals surface area contributed by atoms with E-state index in [0.29, 0.717) is 23.8 Å². The summed E-state index contributed by atoms with van der Waals surface area (Å²) in [7, 11) is 3.17. The number of carbonyl (C=O) groups is 1. The zero-order valence-electron chi connectivity index (χ0n) is 13.2. The highest BCUT2D eigenvalue weighted by Gasteiger charge is 2.41. The molecule has 0 bridgehead atoms. The van der Waals surface area contributed by atoms with Crippen molar-refractivity contribution in [3.8, 4) is 0 Å². The van der Waals surface area contributed by atoms with Crippen molar-refractivity contribution in [2.75, 3.05) is 32.1 Å². The van der Waals surface area contributed by atoms with Crippen LogP contribution in [-0.2, 0) is 16.1 Å². The van der Waals surface area contributed by atoms with Gasteiger partial charge < -0.3 is 14.5 Å². The number of hydrogen-bond donors (Lipinski definition) is 0. The third-order valence-electron chi connectivity index (χ3n) is 3.63. The van der Waals surface area contributed by atoms with Crippen molar-refractivity contribution in [1.29, 1.82) is 0 Å². The maximum atomic E-state index is 12.5. The van der Waals surface area contributed by atoms with Crippen LogP contribution in [-0.4, -0.2) is 60.2 Å². The normalized spacial score (nSPS) is 18.6. The number of methoxy groups -OCH3 is 1. The first-order valence-electron chi connectivity index (χ1n) is 7.13. The average Bonchev–Trinajstić information content (AvgIpc) is 2.77. The summed E-state index contributed by atoms with van der Waals surface area (Å²) in [4.78, 5) is 23.2. The fraction of sp³-hybridized carbons (Fsp3) is 0.643. The van der Waals surface area contributed by atoms with Crippen molar-refractivity contribution in [1.82, 2.24) is 14.9 Å². The number of amides is 1. The molecular weight excluding hydrogens is 313 g/mol. The highest BCUT2D eigenvalue weighted by Crippen LogP contribution is 2.25. The minimum Gasteiger partial charge on any atom is -0.377 e. The summed E-state index contributed by atoms with van der Waals surface area (Å²) in [5.41, 5.74) is 0.700. The molecule has 0 saturated carbocycles. The van der Waals surface area contributed by atoms with Crippen LogP contribution in [0.3, 0.4) is 0 Å². The molecule has 0 aromatic carbocycles. The Balaban J connectivity index is 2.15. The van der Waals surface area contributed by atoms with Crippen molar-refractivity contribution in [2.24, 2.45) is 0 Å². The van der Waals surface area contributed by atoms with Crippen LogP contribution in [0.5, 0.6) is 0 Å². The fourth-order valence-corrected chi connectivity index (χ4v) is 2.60. The first-order chi connectivity index (χ1) is 10.7. The van der Waals surface area contributed by atoms with Crippen LogP contribution >= 0.6 is 0 Å². The lowest BCUT2D eigenvalue weighted by Crippen LogP contribution is -2.43. The van der Waals surface area contributed by atoms with E-state index >= 15 is 0 Å². The maximum absolute atomic E-state index is 12.5. The monoisotopic (exact) mass is 332 g/mol. The molecular formula is C14H19F3N4O2. The molecule has 1 aliphatic heterocycles. The van der Waals surface area contributed by atoms with Crippen molar-refractivity contribution >= 4 is 11.7 Å². The van der Waals surface area contributed by atoms with Crippen LogP contribution in [0.25, 0.3) is 0 Å². The molecule has 1 amide bonds. The Bertz CT molecular complexity index is 580. The molecule has 2 rings (SSSR count). The second-order valence-corrected chi connectivity index (χ2v) is 5.51. The smallest absolute Gasteiger partial charge is 0.377 e. The first kappa shape index (κ1) is 17.5. The number of aryl methyl sites for hydroxylation is 1. The largest absolute Gasteiger partial charge is 0.406 e. The summed E-state index contributed by atoms with van der Waals surface area (Å²) in [6, 6.07) is 1.04. The number of halogens is 3. The summed E-state index contributed by atoms with van der Waals surface area (Å²) in [5.74, 6) is 0.429. The van der Waals surface area contributed by atoms with E-state index in [9.17, 15) is 18.0 Å². The van der Waals surface area contributed by atoms with E-state index in [1.165, 1.54) is 7.11 Å². The van der Waals surface area contributed by atoms with Crippen molar-refractivity contribution in [3.05, 3.63) is 17.6 Å². The molecule has 1 atom stereocenters. The van der Waals surface area contributed by atoms with Crippen LogP contribution in [0.15, 0.2) is 6.07 Å². The van der Waals surface area contributed by atoms with Gasteiger partial charge in [-0.05, 0) is 13.3 Å². The summed E-state index contributed by atoms with van der Waals surface area (Å²) in [5, 5.41) is 0. The van der Waals surface area contributed by atoms with Crippen molar-refractivity contribution < 1.29 is 22.7 Å². The molecule has 0 N–H and O–H groups in total. The Labute approximate surface area is 132 Å². The van der Waals surface area contributed by atoms with Crippen LogP contribution in [0.4, 0.5) is 19.0 Å². The topological polar surface area (TPSA) is 58.6 Å². The lowest BCUT2D eigenvalue weighted by atomic mass is 10.2. The van der Waals surface area contributed by atoms with Gasteiger partial charge in [-0.1, -0.05) is 0 Å². The van der Waals surface area contributed by atoms with E-state index in [1.807, 2.05) is 0 Å². The summed E-state index contributed by atoms with van der Waals surface area (Å²) in [6.45, 7) is 0.877. The molecule has 0 spiro atoms. The van der Waals surface area contributed by atoms with Gasteiger partial charge >= 0.3 is 6.18 Å². The SMILES string of the molecule is COCc1nc(C)cc(N(C)C2CCN(CC(F)(F)F)C2=O)n1. The van der Waals surface area contributed by atoms with Crippen LogP contribution in [0, 0.1) is 6.92 Å². The van der Waals surface area contributed by atoms with Gasteiger partial charge in [-0.2, -0.15) is 13.2 Å².